The van der Waals surface area contributed by atoms with Crippen LogP contribution in [0.5, 0.6) is 0 Å². The van der Waals surface area contributed by atoms with Crippen LogP contribution in [0.3, 0.4) is 0 Å². The minimum absolute atomic E-state index is 0.843. The predicted octanol–water partition coefficient (Wildman–Crippen LogP) is 11.1. The molecule has 0 aliphatic rings. The molecular weight excluding hydrogens is 585 g/mol. The first-order valence-electron chi connectivity index (χ1n) is 16.1. The van der Waals surface area contributed by atoms with Crippen molar-refractivity contribution in [2.75, 3.05) is 0 Å². The number of aromatic nitrogens is 4. The summed E-state index contributed by atoms with van der Waals surface area (Å²) in [5.41, 5.74) is 13.4. The van der Waals surface area contributed by atoms with Crippen molar-refractivity contribution in [1.82, 2.24) is 19.9 Å². The zero-order valence-electron chi connectivity index (χ0n) is 26.0. The summed E-state index contributed by atoms with van der Waals surface area (Å²) in [6.07, 6.45) is 0. The third kappa shape index (κ3) is 4.97. The van der Waals surface area contributed by atoms with Gasteiger partial charge in [0.2, 0.25) is 0 Å². The molecule has 48 heavy (non-hydrogen) atoms. The molecule has 9 aromatic rings. The number of rotatable bonds is 5. The molecular formula is C44H28N4. The van der Waals surface area contributed by atoms with E-state index in [1.807, 2.05) is 54.6 Å². The molecule has 0 aliphatic heterocycles. The minimum Gasteiger partial charge on any atom is -0.245 e. The predicted molar refractivity (Wildman–Crippen MR) is 197 cm³/mol. The lowest BCUT2D eigenvalue weighted by Gasteiger charge is -2.13. The van der Waals surface area contributed by atoms with Gasteiger partial charge in [-0.2, -0.15) is 0 Å². The smallest absolute Gasteiger partial charge is 0.0973 e. The number of nitrogens with zero attached hydrogens (tertiary/aromatic N) is 4. The van der Waals surface area contributed by atoms with Crippen molar-refractivity contribution in [2.45, 2.75) is 0 Å². The Morgan fingerprint density at radius 3 is 1.40 bits per heavy atom. The van der Waals surface area contributed by atoms with Gasteiger partial charge in [-0.25, -0.2) is 19.9 Å². The Morgan fingerprint density at radius 2 is 0.771 bits per heavy atom. The number of pyridine rings is 2. The van der Waals surface area contributed by atoms with Crippen LogP contribution in [0.1, 0.15) is 0 Å². The maximum atomic E-state index is 5.27. The fourth-order valence-corrected chi connectivity index (χ4v) is 6.46. The fraction of sp³-hybridized carbons (Fsp3) is 0. The van der Waals surface area contributed by atoms with Crippen molar-refractivity contribution in [2.24, 2.45) is 0 Å². The molecule has 0 atom stereocenters. The van der Waals surface area contributed by atoms with E-state index in [2.05, 4.69) is 115 Å². The highest BCUT2D eigenvalue weighted by Gasteiger charge is 2.16. The van der Waals surface area contributed by atoms with Gasteiger partial charge in [-0.1, -0.05) is 146 Å². The summed E-state index contributed by atoms with van der Waals surface area (Å²) < 4.78 is 0. The first-order valence-corrected chi connectivity index (χ1v) is 16.1. The van der Waals surface area contributed by atoms with Gasteiger partial charge < -0.3 is 0 Å². The molecule has 0 N–H and O–H groups in total. The first-order chi connectivity index (χ1) is 23.8. The number of fused-ring (bicyclic) bond motifs is 4. The first kappa shape index (κ1) is 27.8. The van der Waals surface area contributed by atoms with Gasteiger partial charge in [-0.3, -0.25) is 0 Å². The summed E-state index contributed by atoms with van der Waals surface area (Å²) in [5.74, 6) is 0. The summed E-state index contributed by atoms with van der Waals surface area (Å²) in [6, 6.07) is 58.4. The van der Waals surface area contributed by atoms with Gasteiger partial charge in [-0.05, 0) is 35.4 Å². The summed E-state index contributed by atoms with van der Waals surface area (Å²) >= 11 is 0. The third-order valence-corrected chi connectivity index (χ3v) is 8.86. The zero-order chi connectivity index (χ0) is 31.9. The normalized spacial score (nSPS) is 11.3. The Balaban J connectivity index is 1.19. The van der Waals surface area contributed by atoms with Gasteiger partial charge in [0.25, 0.3) is 0 Å². The molecule has 9 rings (SSSR count). The average molecular weight is 613 g/mol. The summed E-state index contributed by atoms with van der Waals surface area (Å²) in [5, 5.41) is 2.13. The molecule has 0 bridgehead atoms. The van der Waals surface area contributed by atoms with Crippen LogP contribution in [0.15, 0.2) is 170 Å². The van der Waals surface area contributed by atoms with Crippen LogP contribution in [0, 0.1) is 0 Å². The van der Waals surface area contributed by atoms with E-state index >= 15 is 0 Å². The Bertz CT molecular complexity index is 2600. The summed E-state index contributed by atoms with van der Waals surface area (Å²) in [6.45, 7) is 0. The van der Waals surface area contributed by atoms with Crippen LogP contribution in [0.25, 0.3) is 89.0 Å². The molecule has 0 amide bonds. The second-order valence-electron chi connectivity index (χ2n) is 11.9. The highest BCUT2D eigenvalue weighted by molar-refractivity contribution is 6.04. The molecule has 0 aliphatic carbocycles. The number of benzene rings is 6. The van der Waals surface area contributed by atoms with Crippen molar-refractivity contribution in [3.05, 3.63) is 170 Å². The lowest BCUT2D eigenvalue weighted by Crippen LogP contribution is -1.96. The Hall–Kier alpha value is -6.52. The highest BCUT2D eigenvalue weighted by Crippen LogP contribution is 2.36. The molecule has 0 radical (unpaired) electrons. The van der Waals surface area contributed by atoms with Crippen LogP contribution < -0.4 is 0 Å². The van der Waals surface area contributed by atoms with Gasteiger partial charge in [0.15, 0.2) is 0 Å². The highest BCUT2D eigenvalue weighted by atomic mass is 14.8. The largest absolute Gasteiger partial charge is 0.245 e. The minimum atomic E-state index is 0.843. The summed E-state index contributed by atoms with van der Waals surface area (Å²) in [7, 11) is 0. The third-order valence-electron chi connectivity index (χ3n) is 8.86. The van der Waals surface area contributed by atoms with E-state index in [0.29, 0.717) is 0 Å². The molecule has 3 aromatic heterocycles. The quantitative estimate of drug-likeness (QED) is 0.181. The van der Waals surface area contributed by atoms with Crippen molar-refractivity contribution in [3.8, 4) is 56.2 Å². The van der Waals surface area contributed by atoms with Crippen LogP contribution in [-0.4, -0.2) is 19.9 Å². The zero-order valence-corrected chi connectivity index (χ0v) is 26.0. The second kappa shape index (κ2) is 11.7. The van der Waals surface area contributed by atoms with E-state index in [1.54, 1.807) is 0 Å². The van der Waals surface area contributed by atoms with Crippen LogP contribution in [-0.2, 0) is 0 Å². The fourth-order valence-electron chi connectivity index (χ4n) is 6.46. The molecule has 0 unspecified atom stereocenters. The van der Waals surface area contributed by atoms with Gasteiger partial charge >= 0.3 is 0 Å². The van der Waals surface area contributed by atoms with Crippen LogP contribution in [0.4, 0.5) is 0 Å². The second-order valence-corrected chi connectivity index (χ2v) is 11.9. The van der Waals surface area contributed by atoms with Gasteiger partial charge in [-0.15, -0.1) is 0 Å². The maximum Gasteiger partial charge on any atom is 0.0973 e. The Kier molecular flexibility index (Phi) is 6.76. The Labute approximate surface area is 278 Å². The van der Waals surface area contributed by atoms with E-state index < -0.39 is 0 Å². The number of hydrogen-bond donors (Lipinski definition) is 0. The van der Waals surface area contributed by atoms with Crippen LogP contribution >= 0.6 is 0 Å². The molecule has 3 heterocycles. The maximum absolute atomic E-state index is 5.27. The lowest BCUT2D eigenvalue weighted by atomic mass is 9.96. The van der Waals surface area contributed by atoms with Crippen molar-refractivity contribution in [1.29, 1.82) is 0 Å². The van der Waals surface area contributed by atoms with E-state index in [1.165, 1.54) is 0 Å². The average Bonchev–Trinajstić information content (AvgIpc) is 3.17. The Morgan fingerprint density at radius 1 is 0.292 bits per heavy atom. The monoisotopic (exact) mass is 612 g/mol. The molecule has 0 spiro atoms. The number of hydrogen-bond acceptors (Lipinski definition) is 4. The molecule has 0 saturated carbocycles. The van der Waals surface area contributed by atoms with Gasteiger partial charge in [0.1, 0.15) is 0 Å². The van der Waals surface area contributed by atoms with E-state index in [-0.39, 0.29) is 0 Å². The lowest BCUT2D eigenvalue weighted by molar-refractivity contribution is 1.29. The molecule has 4 nitrogen and oxygen atoms in total. The van der Waals surface area contributed by atoms with E-state index in [0.717, 1.165) is 89.0 Å². The SMILES string of the molecule is c1ccc(-c2ccc3ccc4ccc(-c5ccccc5-c5ccc6nc(-c7ccccc7)c(-c7ccccc7)nc6c5)nc4c3n2)cc1. The van der Waals surface area contributed by atoms with Gasteiger partial charge in [0, 0.05) is 33.0 Å². The van der Waals surface area contributed by atoms with Crippen molar-refractivity contribution < 1.29 is 0 Å². The topological polar surface area (TPSA) is 51.6 Å². The molecule has 4 heteroatoms. The van der Waals surface area contributed by atoms with Crippen LogP contribution in [0.2, 0.25) is 0 Å². The molecule has 224 valence electrons. The molecule has 0 fully saturated rings. The summed E-state index contributed by atoms with van der Waals surface area (Å²) in [4.78, 5) is 20.8. The molecule has 6 aromatic carbocycles. The van der Waals surface area contributed by atoms with Gasteiger partial charge in [0.05, 0.1) is 44.8 Å². The van der Waals surface area contributed by atoms with Crippen molar-refractivity contribution in [3.63, 3.8) is 0 Å². The standard InChI is InChI=1S/C44H28N4/c1-4-12-29(13-5-1)37-25-22-32-20-21-33-23-26-38(46-44(33)43(32)45-37)36-19-11-10-18-35(36)34-24-27-39-40(28-34)48-42(31-16-8-3-9-17-31)41(47-39)30-14-6-2-7-15-30/h1-28H. The van der Waals surface area contributed by atoms with E-state index in [9.17, 15) is 0 Å². The van der Waals surface area contributed by atoms with E-state index in [4.69, 9.17) is 19.9 Å². The van der Waals surface area contributed by atoms with Crippen molar-refractivity contribution >= 4 is 32.8 Å². The molecule has 0 saturated heterocycles.